The maximum absolute atomic E-state index is 13.9. The van der Waals surface area contributed by atoms with Crippen molar-refractivity contribution >= 4 is 17.8 Å². The number of halogens is 2. The van der Waals surface area contributed by atoms with Gasteiger partial charge in [0.1, 0.15) is 11.6 Å². The van der Waals surface area contributed by atoms with Gasteiger partial charge < -0.3 is 20.7 Å². The zero-order valence-corrected chi connectivity index (χ0v) is 21.6. The van der Waals surface area contributed by atoms with Crippen molar-refractivity contribution < 1.29 is 33.1 Å². The summed E-state index contributed by atoms with van der Waals surface area (Å²) in [7, 11) is 1.20. The van der Waals surface area contributed by atoms with Crippen LogP contribution in [0.3, 0.4) is 0 Å². The molecule has 1 heterocycles. The van der Waals surface area contributed by atoms with E-state index in [1.165, 1.54) is 30.2 Å². The summed E-state index contributed by atoms with van der Waals surface area (Å²) < 4.78 is 33.2. The van der Waals surface area contributed by atoms with Crippen molar-refractivity contribution in [3.8, 4) is 11.8 Å². The highest BCUT2D eigenvalue weighted by Crippen LogP contribution is 2.21. The molecule has 208 valence electrons. The highest BCUT2D eigenvalue weighted by molar-refractivity contribution is 5.98. The minimum Gasteiger partial charge on any atom is -0.379 e. The van der Waals surface area contributed by atoms with Gasteiger partial charge in [-0.2, -0.15) is 0 Å². The molecule has 1 saturated heterocycles. The number of alkyl halides is 2. The van der Waals surface area contributed by atoms with Crippen LogP contribution in [0.2, 0.25) is 0 Å². The molecule has 1 unspecified atom stereocenters. The molecule has 10 nitrogen and oxygen atoms in total. The molecule has 1 aliphatic rings. The first-order valence-corrected chi connectivity index (χ1v) is 12.2. The van der Waals surface area contributed by atoms with E-state index in [-0.39, 0.29) is 5.56 Å². The lowest BCUT2D eigenvalue weighted by Gasteiger charge is -2.36. The molecule has 5 N–H and O–H groups in total. The number of morpholine rings is 1. The van der Waals surface area contributed by atoms with Crippen LogP contribution in [0, 0.1) is 11.8 Å². The molecule has 0 aliphatic carbocycles. The molecule has 2 aromatic rings. The molecular formula is C27H31F2N5O5. The van der Waals surface area contributed by atoms with Crippen LogP contribution in [0.15, 0.2) is 48.5 Å². The lowest BCUT2D eigenvalue weighted by atomic mass is 9.91. The third kappa shape index (κ3) is 7.97. The first kappa shape index (κ1) is 29.5. The van der Waals surface area contributed by atoms with E-state index >= 15 is 0 Å². The summed E-state index contributed by atoms with van der Waals surface area (Å²) in [4.78, 5) is 39.0. The number of hydroxylamine groups is 1. The second kappa shape index (κ2) is 13.7. The zero-order chi connectivity index (χ0) is 28.4. The number of amides is 4. The van der Waals surface area contributed by atoms with Crippen molar-refractivity contribution in [3.63, 3.8) is 0 Å². The largest absolute Gasteiger partial charge is 0.379 e. The number of urea groups is 1. The van der Waals surface area contributed by atoms with Crippen LogP contribution in [0.5, 0.6) is 0 Å². The summed E-state index contributed by atoms with van der Waals surface area (Å²) in [5.74, 6) is 3.86. The van der Waals surface area contributed by atoms with E-state index in [4.69, 9.17) is 9.94 Å². The standard InChI is InChI=1S/C27H31F2N5O5/c1-27(25(28)29,32-26(37)30-2)22(24(36)33-38)31-23(35)21-11-9-19(10-12-21)4-3-18-5-7-20(8-6-18)17-34-13-15-39-16-14-34/h5-12,22,25,38H,13-17H2,1-2H3,(H,31,35)(H,33,36)(H2,30,32,37)/t22-,27?/m1/s1. The number of rotatable bonds is 8. The molecule has 4 amide bonds. The van der Waals surface area contributed by atoms with Crippen LogP contribution in [0.1, 0.15) is 34.0 Å². The summed E-state index contributed by atoms with van der Waals surface area (Å²) in [5, 5.41) is 15.3. The summed E-state index contributed by atoms with van der Waals surface area (Å²) >= 11 is 0. The number of hydrogen-bond acceptors (Lipinski definition) is 6. The van der Waals surface area contributed by atoms with E-state index in [9.17, 15) is 23.2 Å². The Morgan fingerprint density at radius 1 is 1.03 bits per heavy atom. The molecule has 2 atom stereocenters. The SMILES string of the molecule is CNC(=O)NC(C)(C(F)F)[C@H](NC(=O)c1ccc(C#Cc2ccc(CN3CCOCC3)cc2)cc1)C(=O)NO. The van der Waals surface area contributed by atoms with Crippen LogP contribution in [0.25, 0.3) is 0 Å². The number of nitrogens with one attached hydrogen (secondary N) is 4. The van der Waals surface area contributed by atoms with E-state index in [0.717, 1.165) is 45.3 Å². The van der Waals surface area contributed by atoms with Crippen LogP contribution in [0.4, 0.5) is 13.6 Å². The Balaban J connectivity index is 1.67. The maximum Gasteiger partial charge on any atom is 0.315 e. The predicted octanol–water partition coefficient (Wildman–Crippen LogP) is 1.48. The smallest absolute Gasteiger partial charge is 0.315 e. The van der Waals surface area contributed by atoms with Crippen molar-refractivity contribution in [2.75, 3.05) is 33.4 Å². The normalized spacial score (nSPS) is 15.7. The van der Waals surface area contributed by atoms with Gasteiger partial charge in [-0.15, -0.1) is 0 Å². The molecule has 0 radical (unpaired) electrons. The highest BCUT2D eigenvalue weighted by atomic mass is 19.3. The summed E-state index contributed by atoms with van der Waals surface area (Å²) in [6, 6.07) is 10.9. The van der Waals surface area contributed by atoms with Crippen molar-refractivity contribution in [2.45, 2.75) is 31.5 Å². The highest BCUT2D eigenvalue weighted by Gasteiger charge is 2.48. The molecule has 0 saturated carbocycles. The van der Waals surface area contributed by atoms with E-state index in [0.29, 0.717) is 5.56 Å². The van der Waals surface area contributed by atoms with Gasteiger partial charge in [0.2, 0.25) is 0 Å². The van der Waals surface area contributed by atoms with E-state index in [2.05, 4.69) is 27.4 Å². The van der Waals surface area contributed by atoms with Gasteiger partial charge in [0.15, 0.2) is 0 Å². The van der Waals surface area contributed by atoms with Crippen LogP contribution in [-0.2, 0) is 16.1 Å². The second-order valence-electron chi connectivity index (χ2n) is 9.08. The van der Waals surface area contributed by atoms with Gasteiger partial charge in [0.25, 0.3) is 18.2 Å². The topological polar surface area (TPSA) is 132 Å². The maximum atomic E-state index is 13.9. The monoisotopic (exact) mass is 543 g/mol. The average molecular weight is 544 g/mol. The first-order valence-electron chi connectivity index (χ1n) is 12.2. The molecule has 1 fully saturated rings. The van der Waals surface area contributed by atoms with Crippen LogP contribution < -0.4 is 21.4 Å². The Morgan fingerprint density at radius 2 is 1.59 bits per heavy atom. The Labute approximate surface area is 225 Å². The number of carbonyl (C=O) groups excluding carboxylic acids is 3. The van der Waals surface area contributed by atoms with E-state index < -0.39 is 35.9 Å². The fraction of sp³-hybridized carbons (Fsp3) is 0.370. The molecule has 39 heavy (non-hydrogen) atoms. The van der Waals surface area contributed by atoms with Crippen molar-refractivity contribution in [3.05, 3.63) is 70.8 Å². The Hall–Kier alpha value is -4.05. The molecule has 0 aromatic heterocycles. The Morgan fingerprint density at radius 3 is 2.10 bits per heavy atom. The number of carbonyl (C=O) groups is 3. The lowest BCUT2D eigenvalue weighted by molar-refractivity contribution is -0.135. The van der Waals surface area contributed by atoms with Gasteiger partial charge >= 0.3 is 6.03 Å². The second-order valence-corrected chi connectivity index (χ2v) is 9.08. The summed E-state index contributed by atoms with van der Waals surface area (Å²) in [6.45, 7) is 5.02. The van der Waals surface area contributed by atoms with Gasteiger partial charge in [-0.3, -0.25) is 19.7 Å². The Bertz CT molecular complexity index is 1210. The quantitative estimate of drug-likeness (QED) is 0.195. The van der Waals surface area contributed by atoms with Gasteiger partial charge in [0, 0.05) is 43.4 Å². The minimum absolute atomic E-state index is 0.0558. The molecule has 1 aliphatic heterocycles. The number of benzene rings is 2. The van der Waals surface area contributed by atoms with E-state index in [1.807, 2.05) is 29.6 Å². The first-order chi connectivity index (χ1) is 18.7. The van der Waals surface area contributed by atoms with Crippen molar-refractivity contribution in [1.82, 2.24) is 26.3 Å². The molecule has 12 heteroatoms. The molecule has 2 aromatic carbocycles. The number of nitrogens with zero attached hydrogens (tertiary/aromatic N) is 1. The van der Waals surface area contributed by atoms with Gasteiger partial charge in [-0.1, -0.05) is 24.0 Å². The predicted molar refractivity (Wildman–Crippen MR) is 138 cm³/mol. The summed E-state index contributed by atoms with van der Waals surface area (Å²) in [5.41, 5.74) is 1.37. The number of hydrogen-bond donors (Lipinski definition) is 5. The van der Waals surface area contributed by atoms with Gasteiger partial charge in [0.05, 0.1) is 13.2 Å². The average Bonchev–Trinajstić information content (AvgIpc) is 2.95. The molecule has 0 bridgehead atoms. The summed E-state index contributed by atoms with van der Waals surface area (Å²) in [6.07, 6.45) is -3.27. The third-order valence-corrected chi connectivity index (χ3v) is 6.27. The van der Waals surface area contributed by atoms with Crippen molar-refractivity contribution in [2.24, 2.45) is 0 Å². The van der Waals surface area contributed by atoms with Crippen LogP contribution >= 0.6 is 0 Å². The zero-order valence-electron chi connectivity index (χ0n) is 21.6. The fourth-order valence-electron chi connectivity index (χ4n) is 3.89. The minimum atomic E-state index is -3.27. The fourth-order valence-corrected chi connectivity index (χ4v) is 3.89. The lowest BCUT2D eigenvalue weighted by Crippen LogP contribution is -2.69. The van der Waals surface area contributed by atoms with Gasteiger partial charge in [-0.25, -0.2) is 19.1 Å². The molecule has 3 rings (SSSR count). The van der Waals surface area contributed by atoms with Crippen molar-refractivity contribution in [1.29, 1.82) is 0 Å². The molecule has 0 spiro atoms. The number of ether oxygens (including phenoxy) is 1. The Kier molecular flexibility index (Phi) is 10.3. The van der Waals surface area contributed by atoms with E-state index in [1.54, 1.807) is 12.1 Å². The third-order valence-electron chi connectivity index (χ3n) is 6.27. The van der Waals surface area contributed by atoms with Crippen LogP contribution in [-0.4, -0.2) is 79.3 Å². The molecular weight excluding hydrogens is 512 g/mol. The van der Waals surface area contributed by atoms with Gasteiger partial charge in [-0.05, 0) is 48.9 Å².